The largest absolute Gasteiger partial charge is 0.504 e. The first-order chi connectivity index (χ1) is 17.5. The van der Waals surface area contributed by atoms with Gasteiger partial charge in [0.25, 0.3) is 5.91 Å². The van der Waals surface area contributed by atoms with Crippen LogP contribution in [-0.4, -0.2) is 52.0 Å². The summed E-state index contributed by atoms with van der Waals surface area (Å²) in [5.41, 5.74) is 6.07. The van der Waals surface area contributed by atoms with Crippen LogP contribution in [0, 0.1) is 6.92 Å². The fourth-order valence-electron chi connectivity index (χ4n) is 3.33. The molecule has 10 heteroatoms. The van der Waals surface area contributed by atoms with E-state index in [4.69, 9.17) is 9.47 Å². The number of amides is 1. The molecule has 1 amide bonds. The number of carbonyl (C=O) groups is 1. The molecule has 0 aliphatic rings. The minimum absolute atomic E-state index is 0.0294. The number of hydrazone groups is 1. The lowest BCUT2D eigenvalue weighted by Gasteiger charge is -2.11. The normalized spacial score (nSPS) is 11.0. The number of aromatic hydroxyl groups is 1. The van der Waals surface area contributed by atoms with Crippen molar-refractivity contribution in [1.29, 1.82) is 0 Å². The third-order valence-electron chi connectivity index (χ3n) is 5.21. The summed E-state index contributed by atoms with van der Waals surface area (Å²) in [5.74, 6) is 1.54. The molecule has 36 heavy (non-hydrogen) atoms. The molecular formula is C26H25N5O4S. The van der Waals surface area contributed by atoms with Gasteiger partial charge >= 0.3 is 0 Å². The monoisotopic (exact) mass is 503 g/mol. The van der Waals surface area contributed by atoms with Gasteiger partial charge in [0, 0.05) is 11.3 Å². The van der Waals surface area contributed by atoms with Crippen molar-refractivity contribution in [1.82, 2.24) is 20.2 Å². The van der Waals surface area contributed by atoms with Crippen LogP contribution >= 0.6 is 11.8 Å². The van der Waals surface area contributed by atoms with E-state index in [1.165, 1.54) is 31.2 Å². The summed E-state index contributed by atoms with van der Waals surface area (Å²) in [4.78, 5) is 12.4. The van der Waals surface area contributed by atoms with Gasteiger partial charge in [-0.1, -0.05) is 29.5 Å². The van der Waals surface area contributed by atoms with Gasteiger partial charge in [-0.15, -0.1) is 10.2 Å². The Hall–Kier alpha value is -4.31. The number of hydrogen-bond donors (Lipinski definition) is 2. The highest BCUT2D eigenvalue weighted by Gasteiger charge is 2.17. The number of nitrogens with one attached hydrogen (secondary N) is 1. The number of phenols is 1. The van der Waals surface area contributed by atoms with Crippen molar-refractivity contribution in [3.63, 3.8) is 0 Å². The van der Waals surface area contributed by atoms with Crippen LogP contribution in [0.5, 0.6) is 17.2 Å². The highest BCUT2D eigenvalue weighted by Crippen LogP contribution is 2.29. The summed E-state index contributed by atoms with van der Waals surface area (Å²) in [5, 5.41) is 23.0. The number of hydrogen-bond acceptors (Lipinski definition) is 8. The molecule has 184 valence electrons. The van der Waals surface area contributed by atoms with Gasteiger partial charge < -0.3 is 14.6 Å². The summed E-state index contributed by atoms with van der Waals surface area (Å²) in [7, 11) is 3.08. The molecule has 4 rings (SSSR count). The number of nitrogens with zero attached hydrogens (tertiary/aromatic N) is 4. The van der Waals surface area contributed by atoms with E-state index in [9.17, 15) is 9.90 Å². The number of carbonyl (C=O) groups excluding carboxylic acids is 1. The van der Waals surface area contributed by atoms with Crippen molar-refractivity contribution in [2.45, 2.75) is 12.1 Å². The number of benzene rings is 3. The van der Waals surface area contributed by atoms with Crippen LogP contribution < -0.4 is 14.9 Å². The van der Waals surface area contributed by atoms with E-state index in [-0.39, 0.29) is 17.4 Å². The molecule has 0 aliphatic heterocycles. The number of ether oxygens (including phenoxy) is 2. The molecular weight excluding hydrogens is 478 g/mol. The zero-order chi connectivity index (χ0) is 25.5. The Morgan fingerprint density at radius 1 is 1.06 bits per heavy atom. The van der Waals surface area contributed by atoms with Crippen molar-refractivity contribution >= 4 is 23.9 Å². The second kappa shape index (κ2) is 11.4. The second-order valence-corrected chi connectivity index (χ2v) is 8.66. The van der Waals surface area contributed by atoms with Crippen LogP contribution in [0.2, 0.25) is 0 Å². The van der Waals surface area contributed by atoms with Crippen molar-refractivity contribution in [3.05, 3.63) is 77.9 Å². The molecule has 0 fully saturated rings. The molecule has 1 aromatic heterocycles. The van der Waals surface area contributed by atoms with Gasteiger partial charge in [-0.2, -0.15) is 5.10 Å². The zero-order valence-electron chi connectivity index (χ0n) is 20.0. The maximum atomic E-state index is 12.4. The predicted molar refractivity (Wildman–Crippen MR) is 139 cm³/mol. The zero-order valence-corrected chi connectivity index (χ0v) is 20.8. The SMILES string of the molecule is COc1ccc(-c2nnc(SCC(=O)N/N=C/c3ccc(O)c(OC)c3)n2-c2ccc(C)cc2)cc1. The molecule has 0 aliphatic carbocycles. The molecule has 2 N–H and O–H groups in total. The average Bonchev–Trinajstić information content (AvgIpc) is 3.33. The quantitative estimate of drug-likeness (QED) is 0.200. The minimum atomic E-state index is -0.300. The number of rotatable bonds is 9. The summed E-state index contributed by atoms with van der Waals surface area (Å²) in [6.45, 7) is 2.02. The highest BCUT2D eigenvalue weighted by atomic mass is 32.2. The second-order valence-electron chi connectivity index (χ2n) is 7.72. The van der Waals surface area contributed by atoms with Gasteiger partial charge in [0.2, 0.25) is 0 Å². The van der Waals surface area contributed by atoms with Gasteiger partial charge in [-0.3, -0.25) is 9.36 Å². The highest BCUT2D eigenvalue weighted by molar-refractivity contribution is 7.99. The van der Waals surface area contributed by atoms with E-state index in [2.05, 4.69) is 20.7 Å². The Morgan fingerprint density at radius 3 is 2.50 bits per heavy atom. The van der Waals surface area contributed by atoms with Crippen LogP contribution in [0.25, 0.3) is 17.1 Å². The predicted octanol–water partition coefficient (Wildman–Crippen LogP) is 4.21. The Balaban J connectivity index is 1.50. The van der Waals surface area contributed by atoms with Crippen LogP contribution in [0.4, 0.5) is 0 Å². The van der Waals surface area contributed by atoms with Crippen molar-refractivity contribution in [2.24, 2.45) is 5.10 Å². The summed E-state index contributed by atoms with van der Waals surface area (Å²) in [6, 6.07) is 20.4. The average molecular weight is 504 g/mol. The van der Waals surface area contributed by atoms with E-state index < -0.39 is 0 Å². The standard InChI is InChI=1S/C26H25N5O4S/c1-17-4-9-20(10-5-17)31-25(19-7-11-21(34-2)12-8-19)29-30-26(31)36-16-24(33)28-27-15-18-6-13-22(32)23(14-18)35-3/h4-15,32H,16H2,1-3H3,(H,28,33)/b27-15+. The Labute approximate surface area is 212 Å². The number of methoxy groups -OCH3 is 2. The fraction of sp³-hybridized carbons (Fsp3) is 0.154. The third kappa shape index (κ3) is 5.84. The molecule has 0 atom stereocenters. The van der Waals surface area contributed by atoms with Gasteiger partial charge in [0.1, 0.15) is 5.75 Å². The third-order valence-corrected chi connectivity index (χ3v) is 6.14. The van der Waals surface area contributed by atoms with Gasteiger partial charge in [0.05, 0.1) is 26.2 Å². The first-order valence-electron chi connectivity index (χ1n) is 11.0. The van der Waals surface area contributed by atoms with E-state index in [0.29, 0.717) is 22.3 Å². The van der Waals surface area contributed by atoms with Crippen LogP contribution in [-0.2, 0) is 4.79 Å². The molecule has 0 spiro atoms. The Bertz CT molecular complexity index is 1370. The van der Waals surface area contributed by atoms with Crippen LogP contribution in [0.15, 0.2) is 77.0 Å². The Kier molecular flexibility index (Phi) is 7.86. The molecule has 0 radical (unpaired) electrons. The fourth-order valence-corrected chi connectivity index (χ4v) is 4.08. The number of phenolic OH excluding ortho intramolecular Hbond substituents is 1. The Morgan fingerprint density at radius 2 is 1.81 bits per heavy atom. The van der Waals surface area contributed by atoms with Gasteiger partial charge in [-0.25, -0.2) is 5.43 Å². The van der Waals surface area contributed by atoms with Gasteiger partial charge in [-0.05, 0) is 67.1 Å². The smallest absolute Gasteiger partial charge is 0.250 e. The lowest BCUT2D eigenvalue weighted by molar-refractivity contribution is -0.118. The summed E-state index contributed by atoms with van der Waals surface area (Å²) < 4.78 is 12.3. The number of aryl methyl sites for hydroxylation is 1. The van der Waals surface area contributed by atoms with Crippen LogP contribution in [0.1, 0.15) is 11.1 Å². The topological polar surface area (TPSA) is 111 Å². The van der Waals surface area contributed by atoms with Crippen molar-refractivity contribution in [3.8, 4) is 34.3 Å². The molecule has 9 nitrogen and oxygen atoms in total. The molecule has 0 saturated carbocycles. The molecule has 3 aromatic carbocycles. The molecule has 0 saturated heterocycles. The lowest BCUT2D eigenvalue weighted by atomic mass is 10.2. The molecule has 4 aromatic rings. The van der Waals surface area contributed by atoms with E-state index in [1.54, 1.807) is 19.2 Å². The first-order valence-corrected chi connectivity index (χ1v) is 12.0. The molecule has 0 unspecified atom stereocenters. The van der Waals surface area contributed by atoms with Crippen LogP contribution in [0.3, 0.4) is 0 Å². The number of thioether (sulfide) groups is 1. The van der Waals surface area contributed by atoms with Crippen molar-refractivity contribution in [2.75, 3.05) is 20.0 Å². The maximum absolute atomic E-state index is 12.4. The van der Waals surface area contributed by atoms with E-state index in [0.717, 1.165) is 22.6 Å². The lowest BCUT2D eigenvalue weighted by Crippen LogP contribution is -2.20. The van der Waals surface area contributed by atoms with E-state index >= 15 is 0 Å². The summed E-state index contributed by atoms with van der Waals surface area (Å²) in [6.07, 6.45) is 1.47. The number of aromatic nitrogens is 3. The summed E-state index contributed by atoms with van der Waals surface area (Å²) >= 11 is 1.26. The van der Waals surface area contributed by atoms with Gasteiger partial charge in [0.15, 0.2) is 22.5 Å². The minimum Gasteiger partial charge on any atom is -0.504 e. The molecule has 1 heterocycles. The van der Waals surface area contributed by atoms with Crippen molar-refractivity contribution < 1.29 is 19.4 Å². The van der Waals surface area contributed by atoms with E-state index in [1.807, 2.05) is 60.0 Å². The first kappa shape index (κ1) is 24.8. The maximum Gasteiger partial charge on any atom is 0.250 e. The molecule has 0 bridgehead atoms.